The first-order valence-corrected chi connectivity index (χ1v) is 13.8. The van der Waals surface area contributed by atoms with Gasteiger partial charge in [0.05, 0.1) is 12.1 Å². The molecule has 0 bridgehead atoms. The second kappa shape index (κ2) is 9.79. The lowest BCUT2D eigenvalue weighted by molar-refractivity contribution is 0.0927. The van der Waals surface area contributed by atoms with Crippen molar-refractivity contribution < 1.29 is 14.0 Å². The van der Waals surface area contributed by atoms with Gasteiger partial charge in [0, 0.05) is 18.9 Å². The number of carbonyl (C=O) groups excluding carboxylic acids is 1. The Morgan fingerprint density at radius 1 is 1.19 bits per heavy atom. The van der Waals surface area contributed by atoms with Crippen molar-refractivity contribution in [1.29, 1.82) is 0 Å². The molecule has 1 fully saturated rings. The molecule has 2 aromatic rings. The summed E-state index contributed by atoms with van der Waals surface area (Å²) in [4.78, 5) is 18.9. The van der Waals surface area contributed by atoms with Crippen molar-refractivity contribution in [2.75, 3.05) is 6.54 Å². The molecule has 1 amide bonds. The molecule has 2 atom stereocenters. The van der Waals surface area contributed by atoms with Crippen molar-refractivity contribution in [2.45, 2.75) is 64.1 Å². The van der Waals surface area contributed by atoms with Crippen LogP contribution in [0.4, 0.5) is 4.79 Å². The Bertz CT molecular complexity index is 879. The molecular weight excluding hydrogens is 404 g/mol. The number of nitrogens with zero attached hydrogens (tertiary/aromatic N) is 2. The Morgan fingerprint density at radius 3 is 2.58 bits per heavy atom. The summed E-state index contributed by atoms with van der Waals surface area (Å²) in [5.41, 5.74) is 1.99. The van der Waals surface area contributed by atoms with E-state index < -0.39 is 8.32 Å². The molecule has 3 rings (SSSR count). The minimum atomic E-state index is -1.93. The standard InChI is InChI=1S/C25H34N2O3Si/c1-25(2,3)31(4,5)30-23-16-22(14-13-20-12-9-15-26-17-20)27(18-23)24(28)29-19-21-10-7-6-8-11-21/h6-15,17,22-23H,16,18-19H2,1-5H3/b14-13+/t22-,23-/m1/s1. The lowest BCUT2D eigenvalue weighted by Gasteiger charge is -2.38. The maximum absolute atomic E-state index is 13.0. The highest BCUT2D eigenvalue weighted by Gasteiger charge is 2.43. The molecule has 6 heteroatoms. The van der Waals surface area contributed by atoms with Crippen LogP contribution >= 0.6 is 0 Å². The highest BCUT2D eigenvalue weighted by Crippen LogP contribution is 2.39. The van der Waals surface area contributed by atoms with Gasteiger partial charge in [-0.1, -0.05) is 69.3 Å². The summed E-state index contributed by atoms with van der Waals surface area (Å²) in [5, 5.41) is 0.120. The number of hydrogen-bond acceptors (Lipinski definition) is 4. The predicted octanol–water partition coefficient (Wildman–Crippen LogP) is 5.90. The third kappa shape index (κ3) is 6.28. The summed E-state index contributed by atoms with van der Waals surface area (Å²) >= 11 is 0. The third-order valence-corrected chi connectivity index (χ3v) is 10.7. The maximum Gasteiger partial charge on any atom is 0.410 e. The van der Waals surface area contributed by atoms with Gasteiger partial charge in [0.2, 0.25) is 0 Å². The molecule has 1 aliphatic rings. The highest BCUT2D eigenvalue weighted by atomic mass is 28.4. The quantitative estimate of drug-likeness (QED) is 0.527. The van der Waals surface area contributed by atoms with E-state index in [2.05, 4.69) is 44.9 Å². The number of benzene rings is 1. The molecule has 0 saturated carbocycles. The second-order valence-corrected chi connectivity index (χ2v) is 14.4. The van der Waals surface area contributed by atoms with E-state index in [-0.39, 0.29) is 29.9 Å². The normalized spacial score (nSPS) is 19.7. The van der Waals surface area contributed by atoms with Crippen LogP contribution in [-0.2, 0) is 15.8 Å². The third-order valence-electron chi connectivity index (χ3n) is 6.21. The summed E-state index contributed by atoms with van der Waals surface area (Å²) < 4.78 is 12.3. The number of carbonyl (C=O) groups is 1. The average molecular weight is 439 g/mol. The minimum Gasteiger partial charge on any atom is -0.445 e. The Kier molecular flexibility index (Phi) is 7.33. The molecule has 1 aromatic heterocycles. The molecule has 166 valence electrons. The Labute approximate surface area is 187 Å². The number of hydrogen-bond donors (Lipinski definition) is 0. The molecule has 0 N–H and O–H groups in total. The summed E-state index contributed by atoms with van der Waals surface area (Å²) in [6.07, 6.45) is 8.12. The van der Waals surface area contributed by atoms with Crippen LogP contribution in [0.25, 0.3) is 6.08 Å². The van der Waals surface area contributed by atoms with E-state index in [4.69, 9.17) is 9.16 Å². The topological polar surface area (TPSA) is 51.7 Å². The Morgan fingerprint density at radius 2 is 1.94 bits per heavy atom. The van der Waals surface area contributed by atoms with E-state index in [1.165, 1.54) is 0 Å². The molecule has 31 heavy (non-hydrogen) atoms. The Hall–Kier alpha value is -2.44. The van der Waals surface area contributed by atoms with Gasteiger partial charge in [-0.3, -0.25) is 9.88 Å². The number of amides is 1. The zero-order chi connectivity index (χ0) is 22.5. The lowest BCUT2D eigenvalue weighted by Crippen LogP contribution is -2.44. The predicted molar refractivity (Wildman–Crippen MR) is 127 cm³/mol. The number of aromatic nitrogens is 1. The maximum atomic E-state index is 13.0. The van der Waals surface area contributed by atoms with Gasteiger partial charge < -0.3 is 9.16 Å². The summed E-state index contributed by atoms with van der Waals surface area (Å²) in [6.45, 7) is 12.0. The van der Waals surface area contributed by atoms with Crippen LogP contribution in [0.15, 0.2) is 60.9 Å². The molecule has 0 aliphatic carbocycles. The van der Waals surface area contributed by atoms with Crippen LogP contribution < -0.4 is 0 Å². The van der Waals surface area contributed by atoms with Crippen molar-refractivity contribution in [2.24, 2.45) is 0 Å². The molecule has 5 nitrogen and oxygen atoms in total. The molecular formula is C25H34N2O3Si. The summed E-state index contributed by atoms with van der Waals surface area (Å²) in [5.74, 6) is 0. The minimum absolute atomic E-state index is 0.00807. The van der Waals surface area contributed by atoms with E-state index >= 15 is 0 Å². The largest absolute Gasteiger partial charge is 0.445 e. The van der Waals surface area contributed by atoms with Gasteiger partial charge in [0.1, 0.15) is 6.61 Å². The molecule has 1 saturated heterocycles. The van der Waals surface area contributed by atoms with Crippen LogP contribution in [0.1, 0.15) is 38.3 Å². The van der Waals surface area contributed by atoms with Crippen molar-refractivity contribution in [1.82, 2.24) is 9.88 Å². The monoisotopic (exact) mass is 438 g/mol. The zero-order valence-electron chi connectivity index (χ0n) is 19.2. The summed E-state index contributed by atoms with van der Waals surface area (Å²) in [6, 6.07) is 13.6. The molecule has 0 unspecified atom stereocenters. The van der Waals surface area contributed by atoms with Gasteiger partial charge in [-0.2, -0.15) is 0 Å². The van der Waals surface area contributed by atoms with E-state index in [1.807, 2.05) is 54.7 Å². The second-order valence-electron chi connectivity index (χ2n) is 9.64. The van der Waals surface area contributed by atoms with Crippen LogP contribution in [0, 0.1) is 0 Å². The molecule has 1 aromatic carbocycles. The van der Waals surface area contributed by atoms with E-state index in [1.54, 1.807) is 11.1 Å². The van der Waals surface area contributed by atoms with Gasteiger partial charge in [0.15, 0.2) is 8.32 Å². The van der Waals surface area contributed by atoms with E-state index in [0.717, 1.165) is 17.5 Å². The fourth-order valence-corrected chi connectivity index (χ4v) is 4.75. The molecule has 2 heterocycles. The fraction of sp³-hybridized carbons (Fsp3) is 0.440. The smallest absolute Gasteiger partial charge is 0.410 e. The van der Waals surface area contributed by atoms with Gasteiger partial charge in [-0.05, 0) is 41.7 Å². The van der Waals surface area contributed by atoms with Gasteiger partial charge >= 0.3 is 6.09 Å². The SMILES string of the molecule is CC(C)(C)[Si](C)(C)O[C@@H]1C[C@@H](/C=C/c2cccnc2)N(C(=O)OCc2ccccc2)C1. The molecule has 1 aliphatic heterocycles. The van der Waals surface area contributed by atoms with Crippen molar-refractivity contribution in [3.8, 4) is 0 Å². The van der Waals surface area contributed by atoms with Gasteiger partial charge in [-0.15, -0.1) is 0 Å². The van der Waals surface area contributed by atoms with Crippen molar-refractivity contribution in [3.05, 3.63) is 72.1 Å². The first-order valence-electron chi connectivity index (χ1n) is 10.9. The first-order chi connectivity index (χ1) is 14.7. The van der Waals surface area contributed by atoms with Crippen molar-refractivity contribution >= 4 is 20.5 Å². The lowest BCUT2D eigenvalue weighted by atomic mass is 10.1. The van der Waals surface area contributed by atoms with Crippen molar-refractivity contribution in [3.63, 3.8) is 0 Å². The Balaban J connectivity index is 1.72. The first kappa shape index (κ1) is 23.2. The number of ether oxygens (including phenoxy) is 1. The average Bonchev–Trinajstić information content (AvgIpc) is 3.13. The van der Waals surface area contributed by atoms with E-state index in [9.17, 15) is 4.79 Å². The van der Waals surface area contributed by atoms with Gasteiger partial charge in [-0.25, -0.2) is 4.79 Å². The van der Waals surface area contributed by atoms with Gasteiger partial charge in [0.25, 0.3) is 0 Å². The molecule has 0 spiro atoms. The number of rotatable bonds is 6. The summed E-state index contributed by atoms with van der Waals surface area (Å²) in [7, 11) is -1.93. The van der Waals surface area contributed by atoms with Crippen LogP contribution in [-0.4, -0.2) is 43.0 Å². The van der Waals surface area contributed by atoms with Crippen LogP contribution in [0.3, 0.4) is 0 Å². The fourth-order valence-electron chi connectivity index (χ4n) is 3.40. The highest BCUT2D eigenvalue weighted by molar-refractivity contribution is 6.74. The van der Waals surface area contributed by atoms with E-state index in [0.29, 0.717) is 6.54 Å². The van der Waals surface area contributed by atoms with Crippen LogP contribution in [0.2, 0.25) is 18.1 Å². The zero-order valence-corrected chi connectivity index (χ0v) is 20.2. The van der Waals surface area contributed by atoms with Crippen LogP contribution in [0.5, 0.6) is 0 Å². The number of pyridine rings is 1. The molecule has 0 radical (unpaired) electrons. The number of likely N-dealkylation sites (tertiary alicyclic amines) is 1.